The lowest BCUT2D eigenvalue weighted by Crippen LogP contribution is -2.41. The number of ether oxygens (including phenoxy) is 1. The van der Waals surface area contributed by atoms with Crippen LogP contribution in [0.3, 0.4) is 0 Å². The van der Waals surface area contributed by atoms with Crippen LogP contribution in [0.2, 0.25) is 0 Å². The van der Waals surface area contributed by atoms with Gasteiger partial charge in [0.05, 0.1) is 6.54 Å². The highest BCUT2D eigenvalue weighted by Crippen LogP contribution is 2.21. The number of nitrogens with zero attached hydrogens (tertiary/aromatic N) is 5. The maximum absolute atomic E-state index is 5.91. The fraction of sp³-hybridized carbons (Fsp3) is 0.467. The van der Waals surface area contributed by atoms with Crippen molar-refractivity contribution in [2.75, 3.05) is 24.2 Å². The molecule has 0 spiro atoms. The van der Waals surface area contributed by atoms with Gasteiger partial charge in [-0.3, -0.25) is 0 Å². The van der Waals surface area contributed by atoms with Gasteiger partial charge in [0.15, 0.2) is 5.16 Å². The van der Waals surface area contributed by atoms with E-state index in [-0.39, 0.29) is 6.10 Å². The predicted molar refractivity (Wildman–Crippen MR) is 86.4 cm³/mol. The Morgan fingerprint density at radius 1 is 1.27 bits per heavy atom. The molecule has 1 aliphatic rings. The van der Waals surface area contributed by atoms with Gasteiger partial charge in [0.1, 0.15) is 11.9 Å². The molecular formula is C15H19N5OS. The molecule has 116 valence electrons. The van der Waals surface area contributed by atoms with E-state index in [0.717, 1.165) is 42.5 Å². The van der Waals surface area contributed by atoms with Gasteiger partial charge in [-0.25, -0.2) is 19.9 Å². The summed E-state index contributed by atoms with van der Waals surface area (Å²) in [6.07, 6.45) is 9.50. The highest BCUT2D eigenvalue weighted by Gasteiger charge is 2.23. The van der Waals surface area contributed by atoms with Crippen LogP contribution in [0.15, 0.2) is 29.8 Å². The van der Waals surface area contributed by atoms with Crippen LogP contribution in [0.5, 0.6) is 6.01 Å². The molecule has 0 N–H and O–H groups in total. The lowest BCUT2D eigenvalue weighted by molar-refractivity contribution is 0.164. The first-order valence-electron chi connectivity index (χ1n) is 7.32. The molecular weight excluding hydrogens is 298 g/mol. The first-order chi connectivity index (χ1) is 10.7. The lowest BCUT2D eigenvalue weighted by Gasteiger charge is -2.33. The molecule has 2 aromatic heterocycles. The van der Waals surface area contributed by atoms with Crippen molar-refractivity contribution in [2.45, 2.75) is 31.0 Å². The van der Waals surface area contributed by atoms with Crippen LogP contribution in [-0.4, -0.2) is 45.4 Å². The average Bonchev–Trinajstić information content (AvgIpc) is 2.57. The van der Waals surface area contributed by atoms with Gasteiger partial charge in [-0.15, -0.1) is 0 Å². The Bertz CT molecular complexity index is 622. The molecule has 1 saturated heterocycles. The van der Waals surface area contributed by atoms with Gasteiger partial charge in [0.2, 0.25) is 0 Å². The van der Waals surface area contributed by atoms with Gasteiger partial charge in [-0.2, -0.15) is 0 Å². The number of anilines is 1. The summed E-state index contributed by atoms with van der Waals surface area (Å²) >= 11 is 1.55. The Morgan fingerprint density at radius 3 is 2.86 bits per heavy atom. The van der Waals surface area contributed by atoms with Gasteiger partial charge in [-0.05, 0) is 37.7 Å². The summed E-state index contributed by atoms with van der Waals surface area (Å²) < 4.78 is 5.91. The number of hydrogen-bond donors (Lipinski definition) is 0. The van der Waals surface area contributed by atoms with Gasteiger partial charge in [0, 0.05) is 25.1 Å². The third-order valence-corrected chi connectivity index (χ3v) is 4.09. The van der Waals surface area contributed by atoms with E-state index in [1.165, 1.54) is 0 Å². The number of thioether (sulfide) groups is 1. The number of aryl methyl sites for hydroxylation is 1. The van der Waals surface area contributed by atoms with E-state index in [4.69, 9.17) is 4.74 Å². The molecule has 0 bridgehead atoms. The fourth-order valence-electron chi connectivity index (χ4n) is 2.44. The van der Waals surface area contributed by atoms with Crippen molar-refractivity contribution in [3.05, 3.63) is 30.2 Å². The van der Waals surface area contributed by atoms with Gasteiger partial charge in [-0.1, -0.05) is 11.8 Å². The second-order valence-electron chi connectivity index (χ2n) is 5.27. The highest BCUT2D eigenvalue weighted by molar-refractivity contribution is 7.98. The van der Waals surface area contributed by atoms with Crippen molar-refractivity contribution in [3.63, 3.8) is 0 Å². The molecule has 22 heavy (non-hydrogen) atoms. The zero-order valence-corrected chi connectivity index (χ0v) is 13.6. The van der Waals surface area contributed by atoms with Crippen molar-refractivity contribution >= 4 is 17.6 Å². The van der Waals surface area contributed by atoms with E-state index in [0.29, 0.717) is 6.01 Å². The number of aromatic nitrogens is 4. The van der Waals surface area contributed by atoms with Crippen LogP contribution in [0.25, 0.3) is 0 Å². The molecule has 0 amide bonds. The molecule has 0 saturated carbocycles. The lowest BCUT2D eigenvalue weighted by atomic mass is 10.1. The van der Waals surface area contributed by atoms with Crippen LogP contribution in [-0.2, 0) is 0 Å². The first kappa shape index (κ1) is 15.0. The molecule has 3 heterocycles. The standard InChI is InChI=1S/C15H19N5OS/c1-11-8-17-14(18-9-11)21-12-4-3-7-20(10-12)13-5-6-16-15(19-13)22-2/h5-6,8-9,12H,3-4,7,10H2,1-2H3. The zero-order chi connectivity index (χ0) is 15.4. The molecule has 3 rings (SSSR count). The van der Waals surface area contributed by atoms with Gasteiger partial charge >= 0.3 is 6.01 Å². The van der Waals surface area contributed by atoms with Crippen molar-refractivity contribution < 1.29 is 4.74 Å². The summed E-state index contributed by atoms with van der Waals surface area (Å²) in [5.74, 6) is 0.956. The topological polar surface area (TPSA) is 64.0 Å². The van der Waals surface area contributed by atoms with Crippen molar-refractivity contribution in [1.29, 1.82) is 0 Å². The Balaban J connectivity index is 1.67. The van der Waals surface area contributed by atoms with Crippen LogP contribution >= 0.6 is 11.8 Å². The molecule has 0 radical (unpaired) electrons. The van der Waals surface area contributed by atoms with E-state index in [9.17, 15) is 0 Å². The quantitative estimate of drug-likeness (QED) is 0.633. The van der Waals surface area contributed by atoms with Crippen LogP contribution in [0, 0.1) is 6.92 Å². The summed E-state index contributed by atoms with van der Waals surface area (Å²) in [4.78, 5) is 19.5. The zero-order valence-electron chi connectivity index (χ0n) is 12.8. The predicted octanol–water partition coefficient (Wildman–Crippen LogP) is 2.34. The van der Waals surface area contributed by atoms with Crippen LogP contribution < -0.4 is 9.64 Å². The number of piperidine rings is 1. The van der Waals surface area contributed by atoms with E-state index < -0.39 is 0 Å². The van der Waals surface area contributed by atoms with E-state index >= 15 is 0 Å². The summed E-state index contributed by atoms with van der Waals surface area (Å²) in [7, 11) is 0. The summed E-state index contributed by atoms with van der Waals surface area (Å²) in [5, 5.41) is 0.794. The molecule has 6 nitrogen and oxygen atoms in total. The average molecular weight is 317 g/mol. The molecule has 1 aliphatic heterocycles. The second-order valence-corrected chi connectivity index (χ2v) is 6.05. The number of rotatable bonds is 4. The Morgan fingerprint density at radius 2 is 2.09 bits per heavy atom. The van der Waals surface area contributed by atoms with Gasteiger partial charge < -0.3 is 9.64 Å². The summed E-state index contributed by atoms with van der Waals surface area (Å²) in [6.45, 7) is 3.74. The Labute approximate surface area is 134 Å². The molecule has 0 aliphatic carbocycles. The monoisotopic (exact) mass is 317 g/mol. The molecule has 0 aromatic carbocycles. The van der Waals surface area contributed by atoms with Gasteiger partial charge in [0.25, 0.3) is 0 Å². The molecule has 1 atom stereocenters. The molecule has 1 fully saturated rings. The number of hydrogen-bond acceptors (Lipinski definition) is 7. The first-order valence-corrected chi connectivity index (χ1v) is 8.54. The molecule has 1 unspecified atom stereocenters. The second kappa shape index (κ2) is 6.91. The third-order valence-electron chi connectivity index (χ3n) is 3.53. The minimum atomic E-state index is 0.0872. The maximum atomic E-state index is 5.91. The summed E-state index contributed by atoms with van der Waals surface area (Å²) in [6, 6.07) is 2.40. The molecule has 7 heteroatoms. The minimum absolute atomic E-state index is 0.0872. The van der Waals surface area contributed by atoms with Crippen LogP contribution in [0.1, 0.15) is 18.4 Å². The maximum Gasteiger partial charge on any atom is 0.316 e. The Hall–Kier alpha value is -1.89. The van der Waals surface area contributed by atoms with Crippen molar-refractivity contribution in [3.8, 4) is 6.01 Å². The highest BCUT2D eigenvalue weighted by atomic mass is 32.2. The van der Waals surface area contributed by atoms with Crippen LogP contribution in [0.4, 0.5) is 5.82 Å². The largest absolute Gasteiger partial charge is 0.458 e. The van der Waals surface area contributed by atoms with E-state index in [1.807, 2.05) is 25.4 Å². The molecule has 2 aromatic rings. The minimum Gasteiger partial charge on any atom is -0.458 e. The summed E-state index contributed by atoms with van der Waals surface area (Å²) in [5.41, 5.74) is 1.03. The van der Waals surface area contributed by atoms with Crippen molar-refractivity contribution in [1.82, 2.24) is 19.9 Å². The Kier molecular flexibility index (Phi) is 4.72. The van der Waals surface area contributed by atoms with E-state index in [2.05, 4.69) is 24.8 Å². The third kappa shape index (κ3) is 3.65. The normalized spacial score (nSPS) is 18.3. The van der Waals surface area contributed by atoms with E-state index in [1.54, 1.807) is 24.2 Å². The SMILES string of the molecule is CSc1nccc(N2CCCC(Oc3ncc(C)cn3)C2)n1. The fourth-order valence-corrected chi connectivity index (χ4v) is 2.79. The smallest absolute Gasteiger partial charge is 0.316 e. The van der Waals surface area contributed by atoms with Crippen molar-refractivity contribution in [2.24, 2.45) is 0 Å².